The maximum atomic E-state index is 12.7. The molecule has 6 nitrogen and oxygen atoms in total. The number of amides is 2. The van der Waals surface area contributed by atoms with Gasteiger partial charge in [-0.25, -0.2) is 0 Å². The molecule has 3 heterocycles. The summed E-state index contributed by atoms with van der Waals surface area (Å²) in [6.45, 7) is 5.04. The summed E-state index contributed by atoms with van der Waals surface area (Å²) in [6, 6.07) is 3.84. The first-order valence-corrected chi connectivity index (χ1v) is 9.18. The van der Waals surface area contributed by atoms with Crippen molar-refractivity contribution >= 4 is 34.7 Å². The molecule has 0 aromatic carbocycles. The van der Waals surface area contributed by atoms with Crippen LogP contribution in [-0.4, -0.2) is 39.4 Å². The van der Waals surface area contributed by atoms with Gasteiger partial charge in [0.1, 0.15) is 4.88 Å². The Morgan fingerprint density at radius 1 is 1.43 bits per heavy atom. The van der Waals surface area contributed by atoms with Gasteiger partial charge in [0.2, 0.25) is 0 Å². The number of rotatable bonds is 4. The van der Waals surface area contributed by atoms with Gasteiger partial charge in [0, 0.05) is 18.0 Å². The topological polar surface area (TPSA) is 75.2 Å². The first kappa shape index (κ1) is 16.1. The summed E-state index contributed by atoms with van der Waals surface area (Å²) >= 11 is 2.61. The van der Waals surface area contributed by atoms with Crippen molar-refractivity contribution in [2.75, 3.05) is 13.1 Å². The summed E-state index contributed by atoms with van der Waals surface area (Å²) in [6.07, 6.45) is 1.89. The largest absolute Gasteiger partial charge is 0.352 e. The van der Waals surface area contributed by atoms with E-state index in [1.54, 1.807) is 6.92 Å². The zero-order chi connectivity index (χ0) is 16.4. The summed E-state index contributed by atoms with van der Waals surface area (Å²) in [5, 5.41) is 6.73. The van der Waals surface area contributed by atoms with Gasteiger partial charge in [-0.3, -0.25) is 9.59 Å². The fraction of sp³-hybridized carbons (Fsp3) is 0.467. The number of aryl methyl sites for hydroxylation is 1. The van der Waals surface area contributed by atoms with E-state index in [2.05, 4.69) is 14.9 Å². The molecular weight excluding hydrogens is 332 g/mol. The molecular formula is C15H18N4O2S2. The highest BCUT2D eigenvalue weighted by molar-refractivity contribution is 7.14. The molecule has 1 atom stereocenters. The molecule has 0 bridgehead atoms. The number of thiophene rings is 1. The quantitative estimate of drug-likeness (QED) is 0.920. The summed E-state index contributed by atoms with van der Waals surface area (Å²) < 4.78 is 3.85. The monoisotopic (exact) mass is 350 g/mol. The standard InChI is InChI=1S/C15H18N4O2S2/c1-3-16-14(20)12-7-6-11(22-12)10-5-4-8-19(10)15(21)13-9(2)17-18-23-13/h6-7,10H,3-5,8H2,1-2H3,(H,16,20)/t10-/m0/s1. The highest BCUT2D eigenvalue weighted by atomic mass is 32.1. The molecule has 0 aliphatic carbocycles. The van der Waals surface area contributed by atoms with E-state index in [1.807, 2.05) is 24.0 Å². The van der Waals surface area contributed by atoms with Crippen LogP contribution in [0.25, 0.3) is 0 Å². The Morgan fingerprint density at radius 3 is 2.96 bits per heavy atom. The summed E-state index contributed by atoms with van der Waals surface area (Å²) in [5.74, 6) is -0.0601. The average Bonchev–Trinajstić information content (AvgIpc) is 3.26. The average molecular weight is 350 g/mol. The van der Waals surface area contributed by atoms with Crippen molar-refractivity contribution in [3.8, 4) is 0 Å². The molecule has 2 amide bonds. The molecule has 1 saturated heterocycles. The molecule has 1 aliphatic rings. The van der Waals surface area contributed by atoms with E-state index in [4.69, 9.17) is 0 Å². The minimum Gasteiger partial charge on any atom is -0.352 e. The number of carbonyl (C=O) groups excluding carboxylic acids is 2. The first-order chi connectivity index (χ1) is 11.1. The predicted molar refractivity (Wildman–Crippen MR) is 90.0 cm³/mol. The van der Waals surface area contributed by atoms with Crippen LogP contribution in [0.15, 0.2) is 12.1 Å². The Bertz CT molecular complexity index is 725. The normalized spacial score (nSPS) is 17.5. The van der Waals surface area contributed by atoms with Crippen molar-refractivity contribution in [1.82, 2.24) is 19.8 Å². The molecule has 0 radical (unpaired) electrons. The predicted octanol–water partition coefficient (Wildman–Crippen LogP) is 2.64. The van der Waals surface area contributed by atoms with Crippen LogP contribution in [0.1, 0.15) is 55.7 Å². The molecule has 3 rings (SSSR count). The maximum Gasteiger partial charge on any atom is 0.268 e. The third-order valence-corrected chi connectivity index (χ3v) is 5.88. The van der Waals surface area contributed by atoms with E-state index in [0.717, 1.165) is 35.8 Å². The fourth-order valence-electron chi connectivity index (χ4n) is 2.77. The molecule has 23 heavy (non-hydrogen) atoms. The second-order valence-electron chi connectivity index (χ2n) is 5.41. The molecule has 1 N–H and O–H groups in total. The van der Waals surface area contributed by atoms with Crippen molar-refractivity contribution in [3.63, 3.8) is 0 Å². The Hall–Kier alpha value is -1.80. The van der Waals surface area contributed by atoms with Crippen LogP contribution in [0.2, 0.25) is 0 Å². The maximum absolute atomic E-state index is 12.7. The van der Waals surface area contributed by atoms with Crippen LogP contribution < -0.4 is 5.32 Å². The van der Waals surface area contributed by atoms with Gasteiger partial charge in [-0.1, -0.05) is 4.49 Å². The van der Waals surface area contributed by atoms with Crippen LogP contribution in [0, 0.1) is 6.92 Å². The summed E-state index contributed by atoms with van der Waals surface area (Å²) in [7, 11) is 0. The highest BCUT2D eigenvalue weighted by Crippen LogP contribution is 2.37. The van der Waals surface area contributed by atoms with Crippen LogP contribution in [0.5, 0.6) is 0 Å². The number of hydrogen-bond acceptors (Lipinski definition) is 6. The number of likely N-dealkylation sites (tertiary alicyclic amines) is 1. The van der Waals surface area contributed by atoms with Crippen LogP contribution in [-0.2, 0) is 0 Å². The number of aromatic nitrogens is 2. The summed E-state index contributed by atoms with van der Waals surface area (Å²) in [4.78, 5) is 28.9. The Kier molecular flexibility index (Phi) is 4.72. The van der Waals surface area contributed by atoms with Crippen LogP contribution >= 0.6 is 22.9 Å². The van der Waals surface area contributed by atoms with E-state index in [0.29, 0.717) is 22.0 Å². The SMILES string of the molecule is CCNC(=O)c1ccc([C@@H]2CCCN2C(=O)c2snnc2C)s1. The smallest absolute Gasteiger partial charge is 0.268 e. The lowest BCUT2D eigenvalue weighted by atomic mass is 10.2. The number of nitrogens with one attached hydrogen (secondary N) is 1. The molecule has 0 spiro atoms. The third kappa shape index (κ3) is 3.13. The molecule has 122 valence electrons. The van der Waals surface area contributed by atoms with Gasteiger partial charge in [-0.2, -0.15) is 0 Å². The van der Waals surface area contributed by atoms with Gasteiger partial charge in [-0.15, -0.1) is 16.4 Å². The zero-order valence-corrected chi connectivity index (χ0v) is 14.7. The van der Waals surface area contributed by atoms with Gasteiger partial charge in [0.05, 0.1) is 16.6 Å². The van der Waals surface area contributed by atoms with E-state index in [1.165, 1.54) is 11.3 Å². The molecule has 1 fully saturated rings. The van der Waals surface area contributed by atoms with E-state index >= 15 is 0 Å². The second-order valence-corrected chi connectivity index (χ2v) is 7.27. The molecule has 0 saturated carbocycles. The Labute approximate surface area is 142 Å². The Balaban J connectivity index is 1.81. The molecule has 2 aromatic heterocycles. The minimum atomic E-state index is -0.0536. The van der Waals surface area contributed by atoms with E-state index in [9.17, 15) is 9.59 Å². The fourth-order valence-corrected chi connectivity index (χ4v) is 4.45. The van der Waals surface area contributed by atoms with E-state index in [-0.39, 0.29) is 17.9 Å². The van der Waals surface area contributed by atoms with E-state index < -0.39 is 0 Å². The van der Waals surface area contributed by atoms with Crippen molar-refractivity contribution in [2.45, 2.75) is 32.7 Å². The van der Waals surface area contributed by atoms with Crippen molar-refractivity contribution in [1.29, 1.82) is 0 Å². The molecule has 8 heteroatoms. The molecule has 0 unspecified atom stereocenters. The van der Waals surface area contributed by atoms with Crippen molar-refractivity contribution in [3.05, 3.63) is 32.5 Å². The lowest BCUT2D eigenvalue weighted by molar-refractivity contribution is 0.0741. The highest BCUT2D eigenvalue weighted by Gasteiger charge is 2.33. The van der Waals surface area contributed by atoms with Gasteiger partial charge in [0.25, 0.3) is 11.8 Å². The minimum absolute atomic E-state index is 0.00652. The van der Waals surface area contributed by atoms with Crippen LogP contribution in [0.3, 0.4) is 0 Å². The van der Waals surface area contributed by atoms with Crippen molar-refractivity contribution < 1.29 is 9.59 Å². The second kappa shape index (κ2) is 6.76. The molecule has 1 aliphatic heterocycles. The van der Waals surface area contributed by atoms with Gasteiger partial charge >= 0.3 is 0 Å². The lowest BCUT2D eigenvalue weighted by Crippen LogP contribution is -2.30. The first-order valence-electron chi connectivity index (χ1n) is 7.59. The zero-order valence-electron chi connectivity index (χ0n) is 13.0. The summed E-state index contributed by atoms with van der Waals surface area (Å²) in [5.41, 5.74) is 0.680. The van der Waals surface area contributed by atoms with Gasteiger partial charge in [0.15, 0.2) is 0 Å². The Morgan fingerprint density at radius 2 is 2.26 bits per heavy atom. The number of carbonyl (C=O) groups is 2. The lowest BCUT2D eigenvalue weighted by Gasteiger charge is -2.23. The number of hydrogen-bond donors (Lipinski definition) is 1. The number of nitrogens with zero attached hydrogens (tertiary/aromatic N) is 3. The third-order valence-electron chi connectivity index (χ3n) is 3.88. The molecule has 2 aromatic rings. The van der Waals surface area contributed by atoms with Gasteiger partial charge in [-0.05, 0) is 50.4 Å². The van der Waals surface area contributed by atoms with Crippen molar-refractivity contribution in [2.24, 2.45) is 0 Å². The van der Waals surface area contributed by atoms with Crippen LogP contribution in [0.4, 0.5) is 0 Å². The van der Waals surface area contributed by atoms with Gasteiger partial charge < -0.3 is 10.2 Å².